The van der Waals surface area contributed by atoms with Gasteiger partial charge >= 0.3 is 229 Å². The summed E-state index contributed by atoms with van der Waals surface area (Å²) in [6.07, 6.45) is 0. The van der Waals surface area contributed by atoms with Crippen molar-refractivity contribution in [2.75, 3.05) is 0 Å². The van der Waals surface area contributed by atoms with E-state index in [0.29, 0.717) is 17.5 Å². The first-order chi connectivity index (χ1) is 29.7. The van der Waals surface area contributed by atoms with E-state index in [1.165, 1.54) is 21.8 Å². The van der Waals surface area contributed by atoms with Crippen LogP contribution in [-0.4, -0.2) is 19.9 Å². The summed E-state index contributed by atoms with van der Waals surface area (Å²) in [4.78, 5) is 20.4. The van der Waals surface area contributed by atoms with Crippen LogP contribution in [-0.2, 0) is 0 Å². The Balaban J connectivity index is 0.919. The van der Waals surface area contributed by atoms with Crippen molar-refractivity contribution in [3.63, 3.8) is 0 Å². The van der Waals surface area contributed by atoms with Crippen LogP contribution in [0.15, 0.2) is 205 Å². The molecule has 0 N–H and O–H groups in total. The Labute approximate surface area is 353 Å². The Morgan fingerprint density at radius 2 is 0.867 bits per heavy atom. The molecule has 0 bridgehead atoms. The molecule has 0 saturated heterocycles. The zero-order valence-corrected chi connectivity index (χ0v) is 34.3. The van der Waals surface area contributed by atoms with Crippen LogP contribution < -0.4 is 0 Å². The number of fused-ring (bicyclic) bond motifs is 8. The van der Waals surface area contributed by atoms with Crippen LogP contribution in [0.4, 0.5) is 0 Å². The fourth-order valence-electron chi connectivity index (χ4n) is 8.38. The number of para-hydroxylation sites is 1. The van der Waals surface area contributed by atoms with Gasteiger partial charge < -0.3 is 4.42 Å². The Hall–Kier alpha value is -7.29. The van der Waals surface area contributed by atoms with Gasteiger partial charge in [0.05, 0.1) is 5.52 Å². The van der Waals surface area contributed by atoms with Crippen molar-refractivity contribution in [2.24, 2.45) is 0 Å². The molecular formula is C54H33IN4O. The molecule has 3 aromatic heterocycles. The van der Waals surface area contributed by atoms with Gasteiger partial charge in [0.1, 0.15) is 11.3 Å². The molecule has 1 aliphatic heterocycles. The second-order valence-corrected chi connectivity index (χ2v) is 20.0. The molecule has 0 fully saturated rings. The van der Waals surface area contributed by atoms with E-state index in [-0.39, 0.29) is 0 Å². The quantitative estimate of drug-likeness (QED) is 0.156. The summed E-state index contributed by atoms with van der Waals surface area (Å²) in [5.74, 6) is 1.93. The van der Waals surface area contributed by atoms with E-state index in [4.69, 9.17) is 24.4 Å². The second kappa shape index (κ2) is 14.2. The molecule has 8 aromatic carbocycles. The van der Waals surface area contributed by atoms with E-state index in [9.17, 15) is 0 Å². The average molecular weight is 881 g/mol. The Morgan fingerprint density at radius 3 is 1.52 bits per heavy atom. The summed E-state index contributed by atoms with van der Waals surface area (Å²) < 4.78 is 10.8. The number of halogens is 1. The second-order valence-electron chi connectivity index (χ2n) is 14.9. The van der Waals surface area contributed by atoms with E-state index in [1.807, 2.05) is 60.7 Å². The van der Waals surface area contributed by atoms with Crippen LogP contribution in [0.3, 0.4) is 0 Å². The van der Waals surface area contributed by atoms with Gasteiger partial charge in [0.25, 0.3) is 0 Å². The van der Waals surface area contributed by atoms with E-state index >= 15 is 0 Å². The third-order valence-corrected chi connectivity index (χ3v) is 17.4. The van der Waals surface area contributed by atoms with Crippen molar-refractivity contribution in [1.82, 2.24) is 19.9 Å². The Morgan fingerprint density at radius 1 is 0.367 bits per heavy atom. The number of hydrogen-bond acceptors (Lipinski definition) is 5. The first-order valence-electron chi connectivity index (χ1n) is 19.9. The monoisotopic (exact) mass is 880 g/mol. The number of furan rings is 1. The van der Waals surface area contributed by atoms with Crippen LogP contribution in [0, 0.1) is 10.7 Å². The summed E-state index contributed by atoms with van der Waals surface area (Å²) in [5.41, 5.74) is 12.2. The standard InChI is InChI=1S/C54H33IN4O/c1-3-13-35(14-4-1)50-51-49(44-19-9-12-22-48(44)60-51)43-32-29-39(33-47(43)56-50)34-23-25-37(26-24-34)53-57-52(36-15-5-2-6-16-36)58-54(59-53)38-27-30-40(31-28-38)55-45-20-10-7-17-41(45)42-18-8-11-21-46(42)55/h1-33H. The number of rotatable bonds is 6. The Kier molecular flexibility index (Phi) is 8.23. The molecule has 6 heteroatoms. The zero-order chi connectivity index (χ0) is 39.6. The van der Waals surface area contributed by atoms with Crippen molar-refractivity contribution in [2.45, 2.75) is 0 Å². The summed E-state index contributed by atoms with van der Waals surface area (Å²) in [6.45, 7) is 0. The average Bonchev–Trinajstić information content (AvgIpc) is 3.88. The molecule has 0 radical (unpaired) electrons. The molecule has 4 heterocycles. The van der Waals surface area contributed by atoms with Gasteiger partial charge in [0, 0.05) is 21.7 Å². The maximum atomic E-state index is 6.46. The molecular weight excluding hydrogens is 848 g/mol. The maximum absolute atomic E-state index is 6.46. The van der Waals surface area contributed by atoms with E-state index in [0.717, 1.165) is 71.9 Å². The van der Waals surface area contributed by atoms with Crippen molar-refractivity contribution >= 4 is 52.7 Å². The predicted molar refractivity (Wildman–Crippen MR) is 252 cm³/mol. The number of aromatic nitrogens is 4. The van der Waals surface area contributed by atoms with Crippen molar-refractivity contribution in [3.8, 4) is 67.7 Å². The summed E-state index contributed by atoms with van der Waals surface area (Å²) in [7, 11) is 0. The fraction of sp³-hybridized carbons (Fsp3) is 0. The molecule has 5 nitrogen and oxygen atoms in total. The summed E-state index contributed by atoms with van der Waals surface area (Å²) in [5, 5.41) is 3.24. The van der Waals surface area contributed by atoms with Gasteiger partial charge in [-0.05, 0) is 12.1 Å². The Bertz CT molecular complexity index is 3370. The van der Waals surface area contributed by atoms with Crippen molar-refractivity contribution in [3.05, 3.63) is 211 Å². The van der Waals surface area contributed by atoms with Gasteiger partial charge in [-0.1, -0.05) is 60.7 Å². The topological polar surface area (TPSA) is 64.7 Å². The van der Waals surface area contributed by atoms with Crippen LogP contribution in [0.2, 0.25) is 0 Å². The van der Waals surface area contributed by atoms with Crippen LogP contribution >= 0.6 is 19.8 Å². The molecule has 282 valence electrons. The van der Waals surface area contributed by atoms with Crippen molar-refractivity contribution < 1.29 is 4.42 Å². The number of nitrogens with zero attached hydrogens (tertiary/aromatic N) is 4. The first kappa shape index (κ1) is 34.7. The van der Waals surface area contributed by atoms with Gasteiger partial charge in [0.15, 0.2) is 5.58 Å². The fourth-order valence-corrected chi connectivity index (χ4v) is 14.7. The van der Waals surface area contributed by atoms with Crippen LogP contribution in [0.1, 0.15) is 0 Å². The number of benzene rings is 8. The number of pyridine rings is 1. The predicted octanol–water partition coefficient (Wildman–Crippen LogP) is 14.1. The molecule has 60 heavy (non-hydrogen) atoms. The van der Waals surface area contributed by atoms with E-state index in [1.54, 1.807) is 0 Å². The van der Waals surface area contributed by atoms with Gasteiger partial charge in [-0.25, -0.2) is 4.98 Å². The molecule has 11 aromatic rings. The molecule has 0 amide bonds. The van der Waals surface area contributed by atoms with Gasteiger partial charge in [-0.3, -0.25) is 0 Å². The van der Waals surface area contributed by atoms with Crippen molar-refractivity contribution in [1.29, 1.82) is 0 Å². The molecule has 0 spiro atoms. The van der Waals surface area contributed by atoms with E-state index in [2.05, 4.69) is 140 Å². The number of hydrogen-bond donors (Lipinski definition) is 0. The molecule has 0 unspecified atom stereocenters. The molecule has 0 saturated carbocycles. The summed E-state index contributed by atoms with van der Waals surface area (Å²) >= 11 is -1.84. The van der Waals surface area contributed by atoms with E-state index < -0.39 is 19.8 Å². The van der Waals surface area contributed by atoms with Crippen LogP contribution in [0.5, 0.6) is 0 Å². The minimum atomic E-state index is -1.84. The minimum absolute atomic E-state index is 0.630. The van der Waals surface area contributed by atoms with Gasteiger partial charge in [-0.15, -0.1) is 0 Å². The third-order valence-electron chi connectivity index (χ3n) is 11.3. The normalized spacial score (nSPS) is 12.6. The molecule has 0 aliphatic carbocycles. The zero-order valence-electron chi connectivity index (χ0n) is 32.1. The molecule has 1 aliphatic rings. The molecule has 0 atom stereocenters. The van der Waals surface area contributed by atoms with Gasteiger partial charge in [-0.2, -0.15) is 0 Å². The molecule has 12 rings (SSSR count). The third kappa shape index (κ3) is 5.82. The first-order valence-corrected chi connectivity index (χ1v) is 23.2. The van der Waals surface area contributed by atoms with Gasteiger partial charge in [0.2, 0.25) is 0 Å². The van der Waals surface area contributed by atoms with Crippen LogP contribution in [0.25, 0.3) is 101 Å². The SMILES string of the molecule is c1ccc(-c2nc(-c3ccc(-c4ccc5c(c4)nc(-c4ccccc4)c4oc6ccccc6c45)cc3)nc(-c3ccc(I4c5ccccc5-c5ccccc54)cc3)n2)cc1. The summed E-state index contributed by atoms with van der Waals surface area (Å²) in [6, 6.07) is 70.5.